The highest BCUT2D eigenvalue weighted by molar-refractivity contribution is 5.92. The molecule has 5 rings (SSSR count). The van der Waals surface area contributed by atoms with Crippen LogP contribution in [0.25, 0.3) is 11.0 Å². The molecule has 10 heteroatoms. The third-order valence-electron chi connectivity index (χ3n) is 6.81. The van der Waals surface area contributed by atoms with Gasteiger partial charge < -0.3 is 9.88 Å². The maximum Gasteiger partial charge on any atom is 0.433 e. The van der Waals surface area contributed by atoms with Gasteiger partial charge in [-0.05, 0) is 42.7 Å². The van der Waals surface area contributed by atoms with Gasteiger partial charge in [0.1, 0.15) is 5.69 Å². The molecule has 32 heavy (non-hydrogen) atoms. The zero-order valence-electron chi connectivity index (χ0n) is 16.9. The van der Waals surface area contributed by atoms with Gasteiger partial charge in [0.05, 0.1) is 29.2 Å². The Bertz CT molecular complexity index is 1180. The number of carbonyl (C=O) groups is 1. The van der Waals surface area contributed by atoms with Gasteiger partial charge in [0, 0.05) is 24.1 Å². The molecule has 0 bridgehead atoms. The Morgan fingerprint density at radius 1 is 1.12 bits per heavy atom. The van der Waals surface area contributed by atoms with E-state index in [9.17, 15) is 26.7 Å². The van der Waals surface area contributed by atoms with E-state index in [1.807, 2.05) is 11.5 Å². The van der Waals surface area contributed by atoms with Crippen molar-refractivity contribution < 1.29 is 26.7 Å². The molecule has 3 aromatic rings. The minimum Gasteiger partial charge on any atom is -0.327 e. The average molecular weight is 450 g/mol. The number of alkyl halides is 3. The van der Waals surface area contributed by atoms with Crippen molar-refractivity contribution in [1.82, 2.24) is 14.5 Å². The van der Waals surface area contributed by atoms with E-state index in [1.165, 1.54) is 6.07 Å². The lowest BCUT2D eigenvalue weighted by Crippen LogP contribution is -2.24. The number of nitrogens with one attached hydrogen (secondary N) is 1. The van der Waals surface area contributed by atoms with Crippen LogP contribution in [0.2, 0.25) is 0 Å². The summed E-state index contributed by atoms with van der Waals surface area (Å²) in [6.07, 6.45) is -0.318. The van der Waals surface area contributed by atoms with Crippen LogP contribution in [-0.2, 0) is 11.0 Å². The third-order valence-corrected chi connectivity index (χ3v) is 6.81. The number of rotatable bonds is 4. The number of aromatic nitrogens is 3. The molecule has 2 fully saturated rings. The number of benzene rings is 1. The fraction of sp³-hybridized carbons (Fsp3) is 0.409. The summed E-state index contributed by atoms with van der Waals surface area (Å²) in [5.41, 5.74) is 0.157. The van der Waals surface area contributed by atoms with Crippen molar-refractivity contribution in [3.63, 3.8) is 0 Å². The molecule has 5 nitrogen and oxygen atoms in total. The first-order chi connectivity index (χ1) is 15.1. The molecule has 2 aromatic heterocycles. The zero-order chi connectivity index (χ0) is 22.8. The number of carbonyl (C=O) groups excluding carboxylic acids is 1. The van der Waals surface area contributed by atoms with Gasteiger partial charge in [0.15, 0.2) is 11.6 Å². The maximum absolute atomic E-state index is 13.7. The van der Waals surface area contributed by atoms with Crippen LogP contribution in [0.15, 0.2) is 36.8 Å². The van der Waals surface area contributed by atoms with E-state index in [4.69, 9.17) is 0 Å². The Morgan fingerprint density at radius 3 is 2.44 bits per heavy atom. The van der Waals surface area contributed by atoms with Crippen LogP contribution in [0.4, 0.5) is 27.6 Å². The molecule has 1 unspecified atom stereocenters. The number of hydrogen-bond donors (Lipinski definition) is 1. The zero-order valence-corrected chi connectivity index (χ0v) is 16.9. The van der Waals surface area contributed by atoms with Crippen LogP contribution in [0.5, 0.6) is 0 Å². The van der Waals surface area contributed by atoms with Crippen LogP contribution in [0.1, 0.15) is 31.5 Å². The molecule has 0 saturated heterocycles. The van der Waals surface area contributed by atoms with Crippen LogP contribution in [0.3, 0.4) is 0 Å². The molecule has 5 atom stereocenters. The molecule has 2 saturated carbocycles. The van der Waals surface area contributed by atoms with E-state index in [0.717, 1.165) is 37.2 Å². The van der Waals surface area contributed by atoms with E-state index >= 15 is 0 Å². The summed E-state index contributed by atoms with van der Waals surface area (Å²) >= 11 is 0. The summed E-state index contributed by atoms with van der Waals surface area (Å²) in [5, 5.41) is 2.64. The van der Waals surface area contributed by atoms with Gasteiger partial charge >= 0.3 is 6.18 Å². The maximum atomic E-state index is 13.7. The first-order valence-electron chi connectivity index (χ1n) is 10.3. The van der Waals surface area contributed by atoms with E-state index in [2.05, 4.69) is 15.3 Å². The van der Waals surface area contributed by atoms with Crippen molar-refractivity contribution in [3.05, 3.63) is 54.1 Å². The number of imidazole rings is 1. The van der Waals surface area contributed by atoms with Gasteiger partial charge in [0.25, 0.3) is 0 Å². The van der Waals surface area contributed by atoms with Crippen LogP contribution >= 0.6 is 0 Å². The van der Waals surface area contributed by atoms with Crippen LogP contribution in [-0.4, -0.2) is 20.4 Å². The lowest BCUT2D eigenvalue weighted by atomic mass is 9.96. The number of pyridine rings is 1. The summed E-state index contributed by atoms with van der Waals surface area (Å²) in [5.74, 6) is -1.57. The van der Waals surface area contributed by atoms with Crippen LogP contribution in [0, 0.1) is 35.3 Å². The van der Waals surface area contributed by atoms with Gasteiger partial charge in [0.2, 0.25) is 5.91 Å². The molecule has 0 spiro atoms. The van der Waals surface area contributed by atoms with Gasteiger partial charge in [-0.3, -0.25) is 4.79 Å². The Kier molecular flexibility index (Phi) is 4.72. The average Bonchev–Trinajstić information content (AvgIpc) is 3.05. The fourth-order valence-electron chi connectivity index (χ4n) is 5.21. The molecule has 2 aliphatic carbocycles. The number of halogens is 5. The molecule has 2 heterocycles. The first-order valence-corrected chi connectivity index (χ1v) is 10.3. The second kappa shape index (κ2) is 7.25. The summed E-state index contributed by atoms with van der Waals surface area (Å²) in [6, 6.07) is 4.37. The van der Waals surface area contributed by atoms with Crippen LogP contribution < -0.4 is 5.32 Å². The smallest absolute Gasteiger partial charge is 0.327 e. The van der Waals surface area contributed by atoms with E-state index < -0.39 is 23.5 Å². The number of amides is 1. The lowest BCUT2D eigenvalue weighted by Gasteiger charge is -2.20. The van der Waals surface area contributed by atoms with Crippen molar-refractivity contribution in [1.29, 1.82) is 0 Å². The Morgan fingerprint density at radius 2 is 1.81 bits per heavy atom. The molecule has 168 valence electrons. The predicted molar refractivity (Wildman–Crippen MR) is 105 cm³/mol. The Balaban J connectivity index is 1.21. The largest absolute Gasteiger partial charge is 0.433 e. The molecule has 1 aromatic carbocycles. The van der Waals surface area contributed by atoms with Gasteiger partial charge in [-0.15, -0.1) is 0 Å². The SMILES string of the molecule is CC(C(=O)Nc1ccc(C(F)(F)F)nc1)[C@H]1[C@@H]2C[C@@H](n3cnc4cc(F)c(F)cc43)C[C@@H]21. The minimum atomic E-state index is -4.53. The van der Waals surface area contributed by atoms with Crippen molar-refractivity contribution >= 4 is 22.6 Å². The van der Waals surface area contributed by atoms with Gasteiger partial charge in [-0.1, -0.05) is 6.92 Å². The predicted octanol–water partition coefficient (Wildman–Crippen LogP) is 5.20. The highest BCUT2D eigenvalue weighted by Gasteiger charge is 2.59. The summed E-state index contributed by atoms with van der Waals surface area (Å²) in [7, 11) is 0. The van der Waals surface area contributed by atoms with Crippen molar-refractivity contribution in [2.45, 2.75) is 32.0 Å². The molecule has 2 aliphatic rings. The molecule has 1 amide bonds. The van der Waals surface area contributed by atoms with Gasteiger partial charge in [-0.25, -0.2) is 18.7 Å². The lowest BCUT2D eigenvalue weighted by molar-refractivity contribution is -0.141. The second-order valence-electron chi connectivity index (χ2n) is 8.64. The molecule has 0 aliphatic heterocycles. The number of nitrogens with zero attached hydrogens (tertiary/aromatic N) is 3. The topological polar surface area (TPSA) is 59.8 Å². The number of fused-ring (bicyclic) bond motifs is 2. The highest BCUT2D eigenvalue weighted by Crippen LogP contribution is 2.64. The summed E-state index contributed by atoms with van der Waals surface area (Å²) < 4.78 is 66.8. The monoisotopic (exact) mass is 450 g/mol. The Hall–Kier alpha value is -3.04. The van der Waals surface area contributed by atoms with E-state index in [0.29, 0.717) is 22.9 Å². The second-order valence-corrected chi connectivity index (χ2v) is 8.64. The van der Waals surface area contributed by atoms with Crippen molar-refractivity contribution in [2.75, 3.05) is 5.32 Å². The highest BCUT2D eigenvalue weighted by atomic mass is 19.4. The standard InChI is InChI=1S/C22H19F5N4O/c1-10(21(32)30-11-2-3-19(28-8-11)22(25,26)27)20-13-4-12(5-14(13)20)31-9-29-17-6-15(23)16(24)7-18(17)31/h2-3,6-10,12-14,20H,4-5H2,1H3,(H,30,32)/t10?,12-,13-,14+,20+. The molecular weight excluding hydrogens is 431 g/mol. The normalized spacial score (nSPS) is 25.6. The minimum absolute atomic E-state index is 0.102. The summed E-state index contributed by atoms with van der Waals surface area (Å²) in [4.78, 5) is 20.1. The molecular formula is C22H19F5N4O. The summed E-state index contributed by atoms with van der Waals surface area (Å²) in [6.45, 7) is 1.82. The number of anilines is 1. The van der Waals surface area contributed by atoms with Crippen molar-refractivity contribution in [2.24, 2.45) is 23.7 Å². The van der Waals surface area contributed by atoms with E-state index in [-0.39, 0.29) is 29.5 Å². The van der Waals surface area contributed by atoms with Gasteiger partial charge in [-0.2, -0.15) is 13.2 Å². The Labute approximate surface area is 179 Å². The van der Waals surface area contributed by atoms with Crippen molar-refractivity contribution in [3.8, 4) is 0 Å². The first kappa shape index (κ1) is 20.8. The molecule has 1 N–H and O–H groups in total. The number of hydrogen-bond acceptors (Lipinski definition) is 3. The fourth-order valence-corrected chi connectivity index (χ4v) is 5.21. The van der Waals surface area contributed by atoms with E-state index in [1.54, 1.807) is 6.33 Å². The third kappa shape index (κ3) is 3.51. The molecule has 0 radical (unpaired) electrons. The quantitative estimate of drug-likeness (QED) is 0.556.